The maximum atomic E-state index is 12.7. The number of carbonyl (C=O) groups excluding carboxylic acids is 2. The average Bonchev–Trinajstić information content (AvgIpc) is 3.50. The number of pyridine rings is 1. The van der Waals surface area contributed by atoms with Crippen LogP contribution in [0.15, 0.2) is 30.6 Å². The molecule has 0 radical (unpaired) electrons. The lowest BCUT2D eigenvalue weighted by Gasteiger charge is -2.20. The predicted octanol–water partition coefficient (Wildman–Crippen LogP) is 1.78. The number of carboxylic acids is 1. The monoisotopic (exact) mass is 453 g/mol. The van der Waals surface area contributed by atoms with Crippen molar-refractivity contribution in [1.82, 2.24) is 25.0 Å². The maximum Gasteiger partial charge on any atom is 0.490 e. The van der Waals surface area contributed by atoms with E-state index in [0.29, 0.717) is 24.7 Å². The fourth-order valence-electron chi connectivity index (χ4n) is 3.10. The van der Waals surface area contributed by atoms with Gasteiger partial charge in [-0.15, -0.1) is 0 Å². The minimum atomic E-state index is -5.08. The summed E-state index contributed by atoms with van der Waals surface area (Å²) in [6, 6.07) is 5.88. The highest BCUT2D eigenvalue weighted by Crippen LogP contribution is 2.22. The van der Waals surface area contributed by atoms with Crippen molar-refractivity contribution in [2.24, 2.45) is 0 Å². The first-order chi connectivity index (χ1) is 15.1. The van der Waals surface area contributed by atoms with Crippen molar-refractivity contribution >= 4 is 17.8 Å². The van der Waals surface area contributed by atoms with Crippen molar-refractivity contribution < 1.29 is 32.7 Å². The molecule has 0 spiro atoms. The van der Waals surface area contributed by atoms with Crippen molar-refractivity contribution in [3.63, 3.8) is 0 Å². The summed E-state index contributed by atoms with van der Waals surface area (Å²) in [5.74, 6) is -2.81. The molecule has 2 N–H and O–H groups in total. The van der Waals surface area contributed by atoms with Crippen molar-refractivity contribution in [1.29, 1.82) is 0 Å². The summed E-state index contributed by atoms with van der Waals surface area (Å²) in [6.45, 7) is 1.80. The third-order valence-corrected chi connectivity index (χ3v) is 4.90. The zero-order chi connectivity index (χ0) is 23.3. The van der Waals surface area contributed by atoms with Crippen molar-refractivity contribution in [2.45, 2.75) is 51.0 Å². The lowest BCUT2D eigenvalue weighted by atomic mass is 10.2. The Morgan fingerprint density at radius 3 is 2.50 bits per heavy atom. The van der Waals surface area contributed by atoms with Crippen LogP contribution in [0.2, 0.25) is 0 Å². The molecule has 0 bridgehead atoms. The zero-order valence-corrected chi connectivity index (χ0v) is 17.0. The summed E-state index contributed by atoms with van der Waals surface area (Å²) in [5, 5.41) is 14.5. The van der Waals surface area contributed by atoms with E-state index in [4.69, 9.17) is 9.90 Å². The lowest BCUT2D eigenvalue weighted by Crippen LogP contribution is -2.33. The second kappa shape index (κ2) is 9.79. The van der Waals surface area contributed by atoms with Crippen LogP contribution in [0.4, 0.5) is 13.2 Å². The normalized spacial score (nSPS) is 15.7. The van der Waals surface area contributed by atoms with Gasteiger partial charge < -0.3 is 15.3 Å². The second-order valence-corrected chi connectivity index (χ2v) is 7.45. The first-order valence-corrected chi connectivity index (χ1v) is 9.98. The largest absolute Gasteiger partial charge is 0.490 e. The van der Waals surface area contributed by atoms with Crippen molar-refractivity contribution in [3.8, 4) is 0 Å². The van der Waals surface area contributed by atoms with Gasteiger partial charge in [-0.1, -0.05) is 6.07 Å². The van der Waals surface area contributed by atoms with Gasteiger partial charge in [-0.3, -0.25) is 19.3 Å². The molecule has 12 heteroatoms. The van der Waals surface area contributed by atoms with Crippen LogP contribution < -0.4 is 5.32 Å². The van der Waals surface area contributed by atoms with Gasteiger partial charge in [0.1, 0.15) is 0 Å². The molecule has 2 aliphatic rings. The molecular formula is C20H22F3N5O4. The highest BCUT2D eigenvalue weighted by Gasteiger charge is 2.38. The predicted molar refractivity (Wildman–Crippen MR) is 104 cm³/mol. The highest BCUT2D eigenvalue weighted by molar-refractivity contribution is 5.95. The molecule has 0 aromatic carbocycles. The fraction of sp³-hybridized carbons (Fsp3) is 0.450. The van der Waals surface area contributed by atoms with E-state index in [-0.39, 0.29) is 18.2 Å². The number of hydrogen-bond donors (Lipinski definition) is 2. The smallest absolute Gasteiger partial charge is 0.475 e. The first kappa shape index (κ1) is 23.2. The number of carboxylic acid groups (broad SMARTS) is 1. The molecule has 1 aliphatic carbocycles. The van der Waals surface area contributed by atoms with Gasteiger partial charge >= 0.3 is 12.1 Å². The SMILES string of the molecule is O=C(NC1CC1)c1cnn2c1CN(C(=O)Cc1ccccn1)CCC2.O=C(O)C(F)(F)F. The van der Waals surface area contributed by atoms with Gasteiger partial charge in [0, 0.05) is 31.0 Å². The van der Waals surface area contributed by atoms with Crippen molar-refractivity contribution in [3.05, 3.63) is 47.5 Å². The number of carbonyl (C=O) groups is 3. The topological polar surface area (TPSA) is 117 Å². The summed E-state index contributed by atoms with van der Waals surface area (Å²) in [7, 11) is 0. The van der Waals surface area contributed by atoms with Gasteiger partial charge in [0.2, 0.25) is 5.91 Å². The molecule has 2 aromatic rings. The van der Waals surface area contributed by atoms with Gasteiger partial charge in [-0.05, 0) is 31.4 Å². The summed E-state index contributed by atoms with van der Waals surface area (Å²) in [5.41, 5.74) is 2.17. The number of aryl methyl sites for hydroxylation is 1. The van der Waals surface area contributed by atoms with Crippen LogP contribution in [0, 0.1) is 0 Å². The molecule has 2 amide bonds. The summed E-state index contributed by atoms with van der Waals surface area (Å²) < 4.78 is 33.6. The standard InChI is InChI=1S/C18H21N5O2.C2HF3O2/c24-17(10-14-4-1-2-7-19-14)22-8-3-9-23-16(12-22)15(11-20-23)18(25)21-13-5-6-13;3-2(4,5)1(6)7/h1-2,4,7,11,13H,3,5-6,8-10,12H2,(H,21,25);(H,6,7). The number of halogens is 3. The Morgan fingerprint density at radius 2 is 1.91 bits per heavy atom. The van der Waals surface area contributed by atoms with Crippen LogP contribution in [-0.2, 0) is 29.1 Å². The molecule has 1 saturated carbocycles. The Balaban J connectivity index is 0.000000360. The van der Waals surface area contributed by atoms with E-state index in [9.17, 15) is 22.8 Å². The number of amides is 2. The minimum absolute atomic E-state index is 0.0295. The summed E-state index contributed by atoms with van der Waals surface area (Å²) in [6.07, 6.45) is 1.43. The average molecular weight is 453 g/mol. The highest BCUT2D eigenvalue weighted by atomic mass is 19.4. The van der Waals surface area contributed by atoms with Crippen LogP contribution in [0.5, 0.6) is 0 Å². The Labute approximate surface area is 181 Å². The van der Waals surface area contributed by atoms with Gasteiger partial charge in [0.25, 0.3) is 5.91 Å². The van der Waals surface area contributed by atoms with E-state index in [1.54, 1.807) is 12.4 Å². The van der Waals surface area contributed by atoms with Crippen LogP contribution in [-0.4, -0.2) is 61.3 Å². The van der Waals surface area contributed by atoms with E-state index in [1.807, 2.05) is 27.8 Å². The molecule has 0 saturated heterocycles. The molecule has 0 atom stereocenters. The molecule has 0 unspecified atom stereocenters. The minimum Gasteiger partial charge on any atom is -0.475 e. The van der Waals surface area contributed by atoms with Gasteiger partial charge in [0.05, 0.1) is 30.4 Å². The van der Waals surface area contributed by atoms with E-state index >= 15 is 0 Å². The molecule has 32 heavy (non-hydrogen) atoms. The number of rotatable bonds is 4. The third-order valence-electron chi connectivity index (χ3n) is 4.90. The Kier molecular flexibility index (Phi) is 7.11. The molecule has 2 aromatic heterocycles. The number of fused-ring (bicyclic) bond motifs is 1. The van der Waals surface area contributed by atoms with Crippen LogP contribution in [0.3, 0.4) is 0 Å². The maximum absolute atomic E-state index is 12.7. The summed E-state index contributed by atoms with van der Waals surface area (Å²) >= 11 is 0. The molecular weight excluding hydrogens is 431 g/mol. The van der Waals surface area contributed by atoms with Crippen LogP contribution in [0.1, 0.15) is 41.0 Å². The molecule has 1 aliphatic heterocycles. The number of aromatic nitrogens is 3. The number of nitrogens with one attached hydrogen (secondary N) is 1. The van der Waals surface area contributed by atoms with Crippen molar-refractivity contribution in [2.75, 3.05) is 6.54 Å². The summed E-state index contributed by atoms with van der Waals surface area (Å²) in [4.78, 5) is 40.0. The molecule has 4 rings (SSSR count). The second-order valence-electron chi connectivity index (χ2n) is 7.45. The molecule has 9 nitrogen and oxygen atoms in total. The number of hydrogen-bond acceptors (Lipinski definition) is 5. The molecule has 1 fully saturated rings. The quantitative estimate of drug-likeness (QED) is 0.729. The Morgan fingerprint density at radius 1 is 1.19 bits per heavy atom. The third kappa shape index (κ3) is 6.28. The Hall–Kier alpha value is -3.44. The van der Waals surface area contributed by atoms with E-state index in [0.717, 1.165) is 37.2 Å². The fourth-order valence-corrected chi connectivity index (χ4v) is 3.10. The number of aliphatic carboxylic acids is 1. The van der Waals surface area contributed by atoms with E-state index in [1.165, 1.54) is 0 Å². The number of nitrogens with zero attached hydrogens (tertiary/aromatic N) is 4. The molecule has 3 heterocycles. The number of alkyl halides is 3. The first-order valence-electron chi connectivity index (χ1n) is 9.98. The van der Waals surface area contributed by atoms with E-state index in [2.05, 4.69) is 15.4 Å². The lowest BCUT2D eigenvalue weighted by molar-refractivity contribution is -0.192. The zero-order valence-electron chi connectivity index (χ0n) is 17.0. The van der Waals surface area contributed by atoms with Gasteiger partial charge in [0.15, 0.2) is 0 Å². The van der Waals surface area contributed by atoms with Gasteiger partial charge in [-0.25, -0.2) is 4.79 Å². The van der Waals surface area contributed by atoms with Crippen LogP contribution >= 0.6 is 0 Å². The van der Waals surface area contributed by atoms with Gasteiger partial charge in [-0.2, -0.15) is 18.3 Å². The van der Waals surface area contributed by atoms with Crippen LogP contribution in [0.25, 0.3) is 0 Å². The van der Waals surface area contributed by atoms with E-state index < -0.39 is 12.1 Å². The Bertz CT molecular complexity index is 973. The molecule has 172 valence electrons.